The zero-order valence-electron chi connectivity index (χ0n) is 19.5. The number of carboxylic acid groups (broad SMARTS) is 1. The summed E-state index contributed by atoms with van der Waals surface area (Å²) in [6.07, 6.45) is 1.60. The van der Waals surface area contributed by atoms with Crippen molar-refractivity contribution in [3.63, 3.8) is 0 Å². The van der Waals surface area contributed by atoms with Crippen molar-refractivity contribution in [1.82, 2.24) is 10.2 Å². The smallest absolute Gasteiger partial charge is 0.407 e. The van der Waals surface area contributed by atoms with Crippen LogP contribution in [0.25, 0.3) is 11.1 Å². The summed E-state index contributed by atoms with van der Waals surface area (Å²) in [6, 6.07) is 16.3. The van der Waals surface area contributed by atoms with Crippen molar-refractivity contribution in [2.45, 2.75) is 56.5 Å². The maximum absolute atomic E-state index is 13.1. The normalized spacial score (nSPS) is 22.9. The highest BCUT2D eigenvalue weighted by molar-refractivity contribution is 5.91. The highest BCUT2D eigenvalue weighted by Crippen LogP contribution is 2.54. The number of carbonyl (C=O) groups excluding carboxylic acids is 2. The quantitative estimate of drug-likeness (QED) is 0.672. The lowest BCUT2D eigenvalue weighted by Gasteiger charge is -2.36. The standard InChI is InChI=1S/C27H30N2O5/c1-26(2,15-23(30)29-13-7-8-17-14-27(17,29)24(31)32)28-25(33)34-16-22-20-11-5-3-9-18(20)19-10-4-6-12-21(19)22/h3-6,9-12,17,22H,7-8,13-16H2,1-2H3,(H,28,33)(H,31,32)/t17-,27+/m0/s1. The van der Waals surface area contributed by atoms with E-state index in [1.165, 1.54) is 4.90 Å². The van der Waals surface area contributed by atoms with Crippen LogP contribution in [-0.4, -0.2) is 52.2 Å². The van der Waals surface area contributed by atoms with E-state index in [4.69, 9.17) is 4.74 Å². The van der Waals surface area contributed by atoms with Crippen molar-refractivity contribution in [2.24, 2.45) is 5.92 Å². The van der Waals surface area contributed by atoms with Gasteiger partial charge in [-0.15, -0.1) is 0 Å². The van der Waals surface area contributed by atoms with Gasteiger partial charge in [0.25, 0.3) is 0 Å². The number of benzene rings is 2. The molecular formula is C27H30N2O5. The molecule has 5 rings (SSSR count). The van der Waals surface area contributed by atoms with Gasteiger partial charge in [0.05, 0.1) is 0 Å². The second-order valence-corrected chi connectivity index (χ2v) is 10.3. The molecule has 1 heterocycles. The molecule has 2 fully saturated rings. The molecule has 0 radical (unpaired) electrons. The number of hydrogen-bond acceptors (Lipinski definition) is 4. The number of piperidine rings is 1. The van der Waals surface area contributed by atoms with Crippen LogP contribution in [0.4, 0.5) is 4.79 Å². The molecule has 3 aliphatic rings. The third kappa shape index (κ3) is 3.73. The van der Waals surface area contributed by atoms with Crippen LogP contribution in [0.15, 0.2) is 48.5 Å². The van der Waals surface area contributed by atoms with Crippen molar-refractivity contribution < 1.29 is 24.2 Å². The summed E-state index contributed by atoms with van der Waals surface area (Å²) < 4.78 is 5.62. The average molecular weight is 463 g/mol. The molecule has 2 atom stereocenters. The van der Waals surface area contributed by atoms with E-state index in [0.717, 1.165) is 35.1 Å². The largest absolute Gasteiger partial charge is 0.479 e. The summed E-state index contributed by atoms with van der Waals surface area (Å²) in [4.78, 5) is 39.1. The van der Waals surface area contributed by atoms with Gasteiger partial charge in [0, 0.05) is 24.4 Å². The van der Waals surface area contributed by atoms with Crippen LogP contribution < -0.4 is 5.32 Å². The lowest BCUT2D eigenvalue weighted by atomic mass is 9.96. The minimum atomic E-state index is -1.05. The third-order valence-electron chi connectivity index (χ3n) is 7.54. The predicted octanol–water partition coefficient (Wildman–Crippen LogP) is 4.16. The van der Waals surface area contributed by atoms with Crippen molar-refractivity contribution in [1.29, 1.82) is 0 Å². The molecular weight excluding hydrogens is 432 g/mol. The monoisotopic (exact) mass is 462 g/mol. The summed E-state index contributed by atoms with van der Waals surface area (Å²) in [5, 5.41) is 12.5. The van der Waals surface area contributed by atoms with Gasteiger partial charge < -0.3 is 20.1 Å². The SMILES string of the molecule is CC(C)(CC(=O)N1CCC[C@H]2C[C@]21C(=O)O)NC(=O)OCC1c2ccccc2-c2ccccc21. The van der Waals surface area contributed by atoms with Crippen LogP contribution in [-0.2, 0) is 14.3 Å². The number of nitrogens with zero attached hydrogens (tertiary/aromatic N) is 1. The zero-order chi connectivity index (χ0) is 24.1. The van der Waals surface area contributed by atoms with Gasteiger partial charge in [0.2, 0.25) is 5.91 Å². The van der Waals surface area contributed by atoms with E-state index in [1.54, 1.807) is 13.8 Å². The van der Waals surface area contributed by atoms with Gasteiger partial charge in [-0.05, 0) is 61.3 Å². The second kappa shape index (κ2) is 8.15. The molecule has 0 bridgehead atoms. The number of ether oxygens (including phenoxy) is 1. The molecule has 34 heavy (non-hydrogen) atoms. The molecule has 2 amide bonds. The van der Waals surface area contributed by atoms with Crippen LogP contribution in [0.2, 0.25) is 0 Å². The summed E-state index contributed by atoms with van der Waals surface area (Å²) >= 11 is 0. The van der Waals surface area contributed by atoms with Crippen molar-refractivity contribution in [3.8, 4) is 11.1 Å². The minimum Gasteiger partial charge on any atom is -0.479 e. The van der Waals surface area contributed by atoms with Crippen LogP contribution >= 0.6 is 0 Å². The number of hydrogen-bond donors (Lipinski definition) is 2. The number of rotatable bonds is 6. The highest BCUT2D eigenvalue weighted by Gasteiger charge is 2.66. The van der Waals surface area contributed by atoms with Gasteiger partial charge in [0.1, 0.15) is 12.1 Å². The van der Waals surface area contributed by atoms with E-state index in [2.05, 4.69) is 29.6 Å². The molecule has 1 saturated heterocycles. The maximum atomic E-state index is 13.1. The molecule has 0 aromatic heterocycles. The third-order valence-corrected chi connectivity index (χ3v) is 7.54. The maximum Gasteiger partial charge on any atom is 0.407 e. The molecule has 7 nitrogen and oxygen atoms in total. The van der Waals surface area contributed by atoms with Crippen LogP contribution in [0.5, 0.6) is 0 Å². The van der Waals surface area contributed by atoms with Crippen LogP contribution in [0.1, 0.15) is 56.6 Å². The Hall–Kier alpha value is -3.35. The number of fused-ring (bicyclic) bond motifs is 4. The molecule has 178 valence electrons. The highest BCUT2D eigenvalue weighted by atomic mass is 16.5. The van der Waals surface area contributed by atoms with Crippen LogP contribution in [0.3, 0.4) is 0 Å². The Balaban J connectivity index is 1.21. The van der Waals surface area contributed by atoms with Gasteiger partial charge >= 0.3 is 12.1 Å². The van der Waals surface area contributed by atoms with E-state index in [0.29, 0.717) is 13.0 Å². The van der Waals surface area contributed by atoms with Crippen molar-refractivity contribution >= 4 is 18.0 Å². The topological polar surface area (TPSA) is 95.9 Å². The molecule has 2 aromatic carbocycles. The fraction of sp³-hybridized carbons (Fsp3) is 0.444. The first kappa shape index (κ1) is 22.4. The molecule has 1 aliphatic heterocycles. The van der Waals surface area contributed by atoms with E-state index in [9.17, 15) is 19.5 Å². The number of likely N-dealkylation sites (tertiary alicyclic amines) is 1. The van der Waals surface area contributed by atoms with E-state index < -0.39 is 23.1 Å². The number of aliphatic carboxylic acids is 1. The Morgan fingerprint density at radius 3 is 2.32 bits per heavy atom. The fourth-order valence-corrected chi connectivity index (χ4v) is 5.84. The molecule has 2 aromatic rings. The first-order chi connectivity index (χ1) is 16.2. The summed E-state index contributed by atoms with van der Waals surface area (Å²) in [7, 11) is 0. The first-order valence-corrected chi connectivity index (χ1v) is 11.9. The Morgan fingerprint density at radius 2 is 1.71 bits per heavy atom. The number of amides is 2. The number of nitrogens with one attached hydrogen (secondary N) is 1. The first-order valence-electron chi connectivity index (χ1n) is 11.9. The average Bonchev–Trinajstić information content (AvgIpc) is 3.48. The van der Waals surface area contributed by atoms with Gasteiger partial charge in [0.15, 0.2) is 0 Å². The molecule has 2 aliphatic carbocycles. The predicted molar refractivity (Wildman–Crippen MR) is 126 cm³/mol. The van der Waals surface area contributed by atoms with Gasteiger partial charge in [-0.25, -0.2) is 9.59 Å². The Bertz CT molecular complexity index is 1110. The molecule has 1 saturated carbocycles. The van der Waals surface area contributed by atoms with Crippen molar-refractivity contribution in [2.75, 3.05) is 13.2 Å². The summed E-state index contributed by atoms with van der Waals surface area (Å²) in [6.45, 7) is 4.16. The lowest BCUT2D eigenvalue weighted by molar-refractivity contribution is -0.155. The lowest BCUT2D eigenvalue weighted by Crippen LogP contribution is -2.54. The van der Waals surface area contributed by atoms with E-state index in [-0.39, 0.29) is 30.8 Å². The Labute approximate surface area is 199 Å². The second-order valence-electron chi connectivity index (χ2n) is 10.3. The summed E-state index contributed by atoms with van der Waals surface area (Å²) in [5.74, 6) is -1.17. The van der Waals surface area contributed by atoms with E-state index >= 15 is 0 Å². The fourth-order valence-electron chi connectivity index (χ4n) is 5.84. The number of carboxylic acids is 1. The zero-order valence-corrected chi connectivity index (χ0v) is 19.5. The Morgan fingerprint density at radius 1 is 1.09 bits per heavy atom. The van der Waals surface area contributed by atoms with Crippen LogP contribution in [0, 0.1) is 5.92 Å². The van der Waals surface area contributed by atoms with Crippen molar-refractivity contribution in [3.05, 3.63) is 59.7 Å². The molecule has 0 unspecified atom stereocenters. The van der Waals surface area contributed by atoms with Gasteiger partial charge in [-0.1, -0.05) is 48.5 Å². The minimum absolute atomic E-state index is 0.0128. The molecule has 7 heteroatoms. The number of carbonyl (C=O) groups is 3. The summed E-state index contributed by atoms with van der Waals surface area (Å²) in [5.41, 5.74) is 2.66. The van der Waals surface area contributed by atoms with Gasteiger partial charge in [-0.3, -0.25) is 4.79 Å². The number of alkyl carbamates (subject to hydrolysis) is 1. The molecule has 0 spiro atoms. The molecule has 2 N–H and O–H groups in total. The Kier molecular flexibility index (Phi) is 5.38. The van der Waals surface area contributed by atoms with E-state index in [1.807, 2.05) is 24.3 Å². The van der Waals surface area contributed by atoms with Gasteiger partial charge in [-0.2, -0.15) is 0 Å².